The number of carboxylic acids is 1. The van der Waals surface area contributed by atoms with Gasteiger partial charge in [0.05, 0.1) is 17.5 Å². The summed E-state index contributed by atoms with van der Waals surface area (Å²) in [6.07, 6.45) is 2.87. The minimum Gasteiger partial charge on any atom is -0.492 e. The molecule has 2 rings (SSSR count). The molecule has 1 aliphatic rings. The molecule has 23 heavy (non-hydrogen) atoms. The van der Waals surface area contributed by atoms with Crippen LogP contribution in [0.4, 0.5) is 0 Å². The van der Waals surface area contributed by atoms with Gasteiger partial charge in [-0.3, -0.25) is 9.59 Å². The van der Waals surface area contributed by atoms with Crippen LogP contribution in [0.15, 0.2) is 24.3 Å². The van der Waals surface area contributed by atoms with E-state index in [1.807, 2.05) is 12.1 Å². The summed E-state index contributed by atoms with van der Waals surface area (Å²) in [7, 11) is 0. The van der Waals surface area contributed by atoms with Crippen molar-refractivity contribution in [3.8, 4) is 5.75 Å². The molecule has 1 amide bonds. The van der Waals surface area contributed by atoms with Gasteiger partial charge < -0.3 is 14.7 Å². The average Bonchev–Trinajstić information content (AvgIpc) is 3.34. The van der Waals surface area contributed by atoms with E-state index in [4.69, 9.17) is 21.4 Å². The number of hydrogen-bond acceptors (Lipinski definition) is 3. The molecule has 1 aliphatic carbocycles. The highest BCUT2D eigenvalue weighted by Gasteiger charge is 2.34. The summed E-state index contributed by atoms with van der Waals surface area (Å²) >= 11 is 6.00. The van der Waals surface area contributed by atoms with Crippen molar-refractivity contribution in [3.05, 3.63) is 29.3 Å². The van der Waals surface area contributed by atoms with E-state index in [0.29, 0.717) is 30.2 Å². The van der Waals surface area contributed by atoms with Crippen molar-refractivity contribution in [1.82, 2.24) is 4.90 Å². The van der Waals surface area contributed by atoms with Gasteiger partial charge in [-0.2, -0.15) is 0 Å². The van der Waals surface area contributed by atoms with Crippen LogP contribution in [-0.2, 0) is 9.59 Å². The average molecular weight is 340 g/mol. The normalized spacial score (nSPS) is 15.0. The maximum absolute atomic E-state index is 12.3. The third kappa shape index (κ3) is 5.43. The van der Waals surface area contributed by atoms with Crippen molar-refractivity contribution < 1.29 is 19.4 Å². The van der Waals surface area contributed by atoms with E-state index in [1.54, 1.807) is 24.0 Å². The lowest BCUT2D eigenvalue weighted by molar-refractivity contribution is -0.143. The van der Waals surface area contributed by atoms with Gasteiger partial charge in [0.1, 0.15) is 5.75 Å². The lowest BCUT2D eigenvalue weighted by Crippen LogP contribution is -2.38. The molecular weight excluding hydrogens is 318 g/mol. The Morgan fingerprint density at radius 3 is 2.70 bits per heavy atom. The van der Waals surface area contributed by atoms with Crippen molar-refractivity contribution in [2.45, 2.75) is 38.6 Å². The molecule has 1 unspecified atom stereocenters. The number of carboxylic acid groups (broad SMARTS) is 1. The third-order valence-corrected chi connectivity index (χ3v) is 4.14. The molecule has 0 bridgehead atoms. The fourth-order valence-corrected chi connectivity index (χ4v) is 2.52. The molecular formula is C17H22ClNO4. The molecule has 5 nitrogen and oxygen atoms in total. The zero-order chi connectivity index (χ0) is 16.8. The molecule has 1 aromatic rings. The topological polar surface area (TPSA) is 66.8 Å². The molecule has 1 saturated carbocycles. The van der Waals surface area contributed by atoms with Gasteiger partial charge in [-0.15, -0.1) is 0 Å². The summed E-state index contributed by atoms with van der Waals surface area (Å²) < 4.78 is 5.57. The minimum absolute atomic E-state index is 0.00311. The molecule has 0 heterocycles. The molecule has 1 atom stereocenters. The van der Waals surface area contributed by atoms with Crippen LogP contribution in [0.5, 0.6) is 5.75 Å². The summed E-state index contributed by atoms with van der Waals surface area (Å²) in [5.74, 6) is -0.798. The maximum Gasteiger partial charge on any atom is 0.308 e. The molecule has 1 N–H and O–H groups in total. The number of nitrogens with zero attached hydrogens (tertiary/aromatic N) is 1. The molecule has 0 spiro atoms. The summed E-state index contributed by atoms with van der Waals surface area (Å²) in [5, 5.41) is 9.56. The highest BCUT2D eigenvalue weighted by atomic mass is 35.5. The van der Waals surface area contributed by atoms with E-state index in [2.05, 4.69) is 0 Å². The summed E-state index contributed by atoms with van der Waals surface area (Å²) in [6.45, 7) is 2.32. The number of carbonyl (C=O) groups excluding carboxylic acids is 1. The number of benzene rings is 1. The summed E-state index contributed by atoms with van der Waals surface area (Å²) in [6, 6.07) is 7.43. The first kappa shape index (κ1) is 17.6. The van der Waals surface area contributed by atoms with Crippen molar-refractivity contribution in [3.63, 3.8) is 0 Å². The van der Waals surface area contributed by atoms with Gasteiger partial charge in [-0.1, -0.05) is 30.7 Å². The van der Waals surface area contributed by atoms with Gasteiger partial charge in [0.2, 0.25) is 5.91 Å². The Bertz CT molecular complexity index is 559. The number of amides is 1. The van der Waals surface area contributed by atoms with Crippen molar-refractivity contribution in [2.24, 2.45) is 5.92 Å². The lowest BCUT2D eigenvalue weighted by atomic mass is 10.1. The van der Waals surface area contributed by atoms with Crippen molar-refractivity contribution in [2.75, 3.05) is 13.2 Å². The predicted molar refractivity (Wildman–Crippen MR) is 87.7 cm³/mol. The van der Waals surface area contributed by atoms with Crippen LogP contribution in [0, 0.1) is 5.92 Å². The van der Waals surface area contributed by atoms with Crippen LogP contribution in [0.3, 0.4) is 0 Å². The second kappa shape index (κ2) is 8.20. The third-order valence-electron chi connectivity index (χ3n) is 3.83. The number of hydrogen-bond donors (Lipinski definition) is 1. The highest BCUT2D eigenvalue weighted by molar-refractivity contribution is 6.32. The molecule has 0 radical (unpaired) electrons. The molecule has 1 aromatic carbocycles. The van der Waals surface area contributed by atoms with Crippen LogP contribution in [0.1, 0.15) is 32.6 Å². The van der Waals surface area contributed by atoms with E-state index < -0.39 is 11.9 Å². The second-order valence-corrected chi connectivity index (χ2v) is 6.31. The molecule has 0 aliphatic heterocycles. The number of rotatable bonds is 9. The maximum atomic E-state index is 12.3. The number of para-hydroxylation sites is 1. The van der Waals surface area contributed by atoms with Gasteiger partial charge in [-0.25, -0.2) is 0 Å². The Morgan fingerprint density at radius 2 is 2.09 bits per heavy atom. The summed E-state index contributed by atoms with van der Waals surface area (Å²) in [5.41, 5.74) is 0. The quantitative estimate of drug-likeness (QED) is 0.701. The fraction of sp³-hybridized carbons (Fsp3) is 0.529. The van der Waals surface area contributed by atoms with Gasteiger partial charge in [0.15, 0.2) is 0 Å². The van der Waals surface area contributed by atoms with Gasteiger partial charge >= 0.3 is 5.97 Å². The Balaban J connectivity index is 1.76. The molecule has 1 fully saturated rings. The van der Waals surface area contributed by atoms with Crippen LogP contribution in [0.2, 0.25) is 5.02 Å². The molecule has 0 aromatic heterocycles. The first-order valence-electron chi connectivity index (χ1n) is 7.88. The molecule has 0 saturated heterocycles. The standard InChI is InChI=1S/C17H22ClNO4/c1-12(17(21)22)11-19(13-8-9-13)16(20)7-4-10-23-15-6-3-2-5-14(15)18/h2-3,5-6,12-13H,4,7-11H2,1H3,(H,21,22). The van der Waals surface area contributed by atoms with Crippen LogP contribution in [-0.4, -0.2) is 41.1 Å². The molecule has 6 heteroatoms. The number of halogens is 1. The first-order chi connectivity index (χ1) is 11.0. The molecule has 126 valence electrons. The van der Waals surface area contributed by atoms with Gasteiger partial charge in [0.25, 0.3) is 0 Å². The van der Waals surface area contributed by atoms with Crippen LogP contribution < -0.4 is 4.74 Å². The van der Waals surface area contributed by atoms with Gasteiger partial charge in [0, 0.05) is 19.0 Å². The Morgan fingerprint density at radius 1 is 1.39 bits per heavy atom. The Kier molecular flexibility index (Phi) is 6.28. The number of carbonyl (C=O) groups is 2. The first-order valence-corrected chi connectivity index (χ1v) is 8.26. The monoisotopic (exact) mass is 339 g/mol. The highest BCUT2D eigenvalue weighted by Crippen LogP contribution is 2.28. The van der Waals surface area contributed by atoms with E-state index in [0.717, 1.165) is 12.8 Å². The van der Waals surface area contributed by atoms with E-state index in [-0.39, 0.29) is 18.5 Å². The SMILES string of the molecule is CC(CN(C(=O)CCCOc1ccccc1Cl)C1CC1)C(=O)O. The van der Waals surface area contributed by atoms with Crippen molar-refractivity contribution in [1.29, 1.82) is 0 Å². The number of aliphatic carboxylic acids is 1. The number of ether oxygens (including phenoxy) is 1. The van der Waals surface area contributed by atoms with Crippen molar-refractivity contribution >= 4 is 23.5 Å². The Labute approximate surface area is 141 Å². The lowest BCUT2D eigenvalue weighted by Gasteiger charge is -2.24. The fourth-order valence-electron chi connectivity index (χ4n) is 2.32. The largest absolute Gasteiger partial charge is 0.492 e. The predicted octanol–water partition coefficient (Wildman–Crippen LogP) is 3.21. The van der Waals surface area contributed by atoms with Crippen LogP contribution in [0.25, 0.3) is 0 Å². The minimum atomic E-state index is -0.870. The zero-order valence-electron chi connectivity index (χ0n) is 13.2. The van der Waals surface area contributed by atoms with Gasteiger partial charge in [-0.05, 0) is 31.4 Å². The van der Waals surface area contributed by atoms with E-state index in [9.17, 15) is 9.59 Å². The van der Waals surface area contributed by atoms with E-state index >= 15 is 0 Å². The second-order valence-electron chi connectivity index (χ2n) is 5.90. The van der Waals surface area contributed by atoms with E-state index in [1.165, 1.54) is 0 Å². The zero-order valence-corrected chi connectivity index (χ0v) is 14.0. The van der Waals surface area contributed by atoms with Crippen LogP contribution >= 0.6 is 11.6 Å². The summed E-state index contributed by atoms with van der Waals surface area (Å²) in [4.78, 5) is 25.0. The smallest absolute Gasteiger partial charge is 0.308 e. The Hall–Kier alpha value is -1.75.